The van der Waals surface area contributed by atoms with Crippen molar-refractivity contribution in [3.63, 3.8) is 0 Å². The van der Waals surface area contributed by atoms with Crippen LogP contribution in [-0.2, 0) is 5.41 Å². The van der Waals surface area contributed by atoms with Crippen LogP contribution in [0.15, 0.2) is 170 Å². The van der Waals surface area contributed by atoms with Gasteiger partial charge >= 0.3 is 0 Å². The molecule has 2 aliphatic carbocycles. The molecule has 2 aliphatic rings. The maximum atomic E-state index is 5.02. The maximum absolute atomic E-state index is 5.02. The Morgan fingerprint density at radius 3 is 1.55 bits per heavy atom. The van der Waals surface area contributed by atoms with Gasteiger partial charge < -0.3 is 0 Å². The van der Waals surface area contributed by atoms with Gasteiger partial charge in [-0.2, -0.15) is 0 Å². The van der Waals surface area contributed by atoms with Gasteiger partial charge in [0, 0.05) is 34.6 Å². The first kappa shape index (κ1) is 27.6. The standard InChI is InChI=1S/C45H28N4/c1-3-13-29(14-4-1)42-47-43(30-15-5-2-6-16-30)49-44(48-42)32-18-11-17-31(27-32)33-21-12-24-40-41(33)35-20-8-10-23-38(35)45(40)37-22-9-7-19-34(37)36-28-46-26-25-39(36)45/h1-28H. The summed E-state index contributed by atoms with van der Waals surface area (Å²) in [6.07, 6.45) is 3.96. The molecule has 4 nitrogen and oxygen atoms in total. The Kier molecular flexibility index (Phi) is 6.06. The molecule has 0 saturated carbocycles. The summed E-state index contributed by atoms with van der Waals surface area (Å²) in [6, 6.07) is 55.6. The third-order valence-corrected chi connectivity index (χ3v) is 10.0. The van der Waals surface area contributed by atoms with Crippen molar-refractivity contribution < 1.29 is 0 Å². The van der Waals surface area contributed by atoms with E-state index in [0.29, 0.717) is 17.5 Å². The van der Waals surface area contributed by atoms with Gasteiger partial charge in [0.05, 0.1) is 5.41 Å². The SMILES string of the molecule is c1ccc(-c2nc(-c3ccccc3)nc(-c3cccc(-c4cccc5c4-c4ccccc4C54c5ccccc5-c5cnccc54)c3)n2)cc1. The summed E-state index contributed by atoms with van der Waals surface area (Å²) in [6.45, 7) is 0. The normalized spacial score (nSPS) is 15.0. The second kappa shape index (κ2) is 10.8. The highest BCUT2D eigenvalue weighted by Crippen LogP contribution is 2.63. The highest BCUT2D eigenvalue weighted by Gasteiger charge is 2.52. The molecule has 2 heterocycles. The predicted molar refractivity (Wildman–Crippen MR) is 196 cm³/mol. The van der Waals surface area contributed by atoms with E-state index in [0.717, 1.165) is 22.3 Å². The quantitative estimate of drug-likeness (QED) is 0.196. The zero-order valence-corrected chi connectivity index (χ0v) is 26.5. The molecule has 1 unspecified atom stereocenters. The fourth-order valence-electron chi connectivity index (χ4n) is 8.04. The molecule has 10 rings (SSSR count). The Morgan fingerprint density at radius 1 is 0.347 bits per heavy atom. The second-order valence-corrected chi connectivity index (χ2v) is 12.6. The van der Waals surface area contributed by atoms with Crippen molar-refractivity contribution in [2.75, 3.05) is 0 Å². The lowest BCUT2D eigenvalue weighted by Gasteiger charge is -2.30. The number of hydrogen-bond donors (Lipinski definition) is 0. The number of pyridine rings is 1. The van der Waals surface area contributed by atoms with E-state index in [2.05, 4.69) is 102 Å². The molecule has 1 spiro atoms. The first-order valence-corrected chi connectivity index (χ1v) is 16.6. The molecular weight excluding hydrogens is 597 g/mol. The highest BCUT2D eigenvalue weighted by molar-refractivity contribution is 6.00. The molecule has 49 heavy (non-hydrogen) atoms. The van der Waals surface area contributed by atoms with E-state index < -0.39 is 5.41 Å². The van der Waals surface area contributed by atoms with Crippen LogP contribution in [0, 0.1) is 0 Å². The number of fused-ring (bicyclic) bond motifs is 10. The molecule has 0 N–H and O–H groups in total. The van der Waals surface area contributed by atoms with Crippen LogP contribution in [0.25, 0.3) is 67.5 Å². The lowest BCUT2D eigenvalue weighted by Crippen LogP contribution is -2.25. The van der Waals surface area contributed by atoms with Gasteiger partial charge in [0.2, 0.25) is 0 Å². The van der Waals surface area contributed by atoms with Crippen molar-refractivity contribution in [3.8, 4) is 67.5 Å². The minimum atomic E-state index is -0.419. The number of rotatable bonds is 4. The van der Waals surface area contributed by atoms with Crippen LogP contribution < -0.4 is 0 Å². The number of aromatic nitrogens is 4. The predicted octanol–water partition coefficient (Wildman–Crippen LogP) is 10.3. The molecule has 6 aromatic carbocycles. The molecule has 8 aromatic rings. The molecular formula is C45H28N4. The van der Waals surface area contributed by atoms with Crippen LogP contribution in [0.2, 0.25) is 0 Å². The van der Waals surface area contributed by atoms with Crippen LogP contribution in [-0.4, -0.2) is 19.9 Å². The first-order valence-electron chi connectivity index (χ1n) is 16.6. The van der Waals surface area contributed by atoms with Gasteiger partial charge in [-0.25, -0.2) is 15.0 Å². The summed E-state index contributed by atoms with van der Waals surface area (Å²) >= 11 is 0. The summed E-state index contributed by atoms with van der Waals surface area (Å²) in [7, 11) is 0. The van der Waals surface area contributed by atoms with E-state index in [-0.39, 0.29) is 0 Å². The first-order chi connectivity index (χ1) is 24.3. The van der Waals surface area contributed by atoms with E-state index in [4.69, 9.17) is 15.0 Å². The number of nitrogens with zero attached hydrogens (tertiary/aromatic N) is 4. The molecule has 1 atom stereocenters. The van der Waals surface area contributed by atoms with Crippen molar-refractivity contribution in [1.82, 2.24) is 19.9 Å². The third-order valence-electron chi connectivity index (χ3n) is 10.0. The molecule has 0 amide bonds. The maximum Gasteiger partial charge on any atom is 0.164 e. The summed E-state index contributed by atoms with van der Waals surface area (Å²) in [5.74, 6) is 1.95. The molecule has 4 heteroatoms. The minimum absolute atomic E-state index is 0.419. The van der Waals surface area contributed by atoms with Crippen LogP contribution >= 0.6 is 0 Å². The van der Waals surface area contributed by atoms with Crippen LogP contribution in [0.1, 0.15) is 22.3 Å². The summed E-state index contributed by atoms with van der Waals surface area (Å²) in [4.78, 5) is 19.5. The lowest BCUT2D eigenvalue weighted by atomic mass is 9.70. The van der Waals surface area contributed by atoms with Crippen LogP contribution in [0.5, 0.6) is 0 Å². The summed E-state index contributed by atoms with van der Waals surface area (Å²) < 4.78 is 0. The third kappa shape index (κ3) is 4.04. The van der Waals surface area contributed by atoms with Gasteiger partial charge in [-0.1, -0.05) is 146 Å². The van der Waals surface area contributed by atoms with E-state index >= 15 is 0 Å². The molecule has 228 valence electrons. The Labute approximate surface area is 284 Å². The number of benzene rings is 6. The monoisotopic (exact) mass is 624 g/mol. The van der Waals surface area contributed by atoms with Crippen molar-refractivity contribution in [1.29, 1.82) is 0 Å². The Hall–Kier alpha value is -6.52. The van der Waals surface area contributed by atoms with Crippen LogP contribution in [0.4, 0.5) is 0 Å². The van der Waals surface area contributed by atoms with Crippen molar-refractivity contribution in [2.24, 2.45) is 0 Å². The fraction of sp³-hybridized carbons (Fsp3) is 0.0222. The van der Waals surface area contributed by atoms with E-state index in [1.807, 2.05) is 73.1 Å². The van der Waals surface area contributed by atoms with Gasteiger partial charge in [-0.3, -0.25) is 4.98 Å². The van der Waals surface area contributed by atoms with Gasteiger partial charge in [0.1, 0.15) is 0 Å². The topological polar surface area (TPSA) is 51.6 Å². The largest absolute Gasteiger partial charge is 0.264 e. The zero-order chi connectivity index (χ0) is 32.4. The van der Waals surface area contributed by atoms with Gasteiger partial charge in [0.15, 0.2) is 17.5 Å². The minimum Gasteiger partial charge on any atom is -0.264 e. The fourth-order valence-corrected chi connectivity index (χ4v) is 8.04. The molecule has 0 fully saturated rings. The second-order valence-electron chi connectivity index (χ2n) is 12.6. The molecule has 0 radical (unpaired) electrons. The summed E-state index contributed by atoms with van der Waals surface area (Å²) in [5, 5.41) is 0. The van der Waals surface area contributed by atoms with Crippen molar-refractivity contribution in [2.45, 2.75) is 5.41 Å². The van der Waals surface area contributed by atoms with Gasteiger partial charge in [-0.15, -0.1) is 0 Å². The van der Waals surface area contributed by atoms with Crippen LogP contribution in [0.3, 0.4) is 0 Å². The van der Waals surface area contributed by atoms with E-state index in [9.17, 15) is 0 Å². The zero-order valence-electron chi connectivity index (χ0n) is 26.5. The average Bonchev–Trinajstić information content (AvgIpc) is 3.66. The Bertz CT molecular complexity index is 2450. The van der Waals surface area contributed by atoms with Gasteiger partial charge in [-0.05, 0) is 62.2 Å². The number of hydrogen-bond acceptors (Lipinski definition) is 4. The Morgan fingerprint density at radius 2 is 0.837 bits per heavy atom. The smallest absolute Gasteiger partial charge is 0.164 e. The van der Waals surface area contributed by atoms with Crippen molar-refractivity contribution >= 4 is 0 Å². The molecule has 2 aromatic heterocycles. The highest BCUT2D eigenvalue weighted by atomic mass is 15.0. The van der Waals surface area contributed by atoms with E-state index in [1.165, 1.54) is 50.1 Å². The Balaban J connectivity index is 1.19. The van der Waals surface area contributed by atoms with E-state index in [1.54, 1.807) is 0 Å². The molecule has 0 aliphatic heterocycles. The molecule has 0 bridgehead atoms. The molecule has 0 saturated heterocycles. The average molecular weight is 625 g/mol. The summed E-state index contributed by atoms with van der Waals surface area (Å²) in [5.41, 5.74) is 14.9. The van der Waals surface area contributed by atoms with Gasteiger partial charge in [0.25, 0.3) is 0 Å². The van der Waals surface area contributed by atoms with Crippen molar-refractivity contribution in [3.05, 3.63) is 192 Å². The lowest BCUT2D eigenvalue weighted by molar-refractivity contribution is 0.792.